The summed E-state index contributed by atoms with van der Waals surface area (Å²) in [5.41, 5.74) is -2.05. The van der Waals surface area contributed by atoms with Gasteiger partial charge < -0.3 is 14.4 Å². The lowest BCUT2D eigenvalue weighted by Crippen LogP contribution is -2.55. The van der Waals surface area contributed by atoms with Gasteiger partial charge in [0.25, 0.3) is 0 Å². The molecule has 4 aromatic rings. The molecule has 13 heteroatoms. The minimum atomic E-state index is -4.69. The number of hydrogen-bond acceptors (Lipinski definition) is 6. The number of nitrogens with zero attached hydrogens (tertiary/aromatic N) is 6. The fourth-order valence-corrected chi connectivity index (χ4v) is 5.76. The van der Waals surface area contributed by atoms with E-state index in [0.29, 0.717) is 29.9 Å². The van der Waals surface area contributed by atoms with Gasteiger partial charge in [-0.05, 0) is 29.3 Å². The number of aromatic nitrogens is 5. The van der Waals surface area contributed by atoms with Crippen molar-refractivity contribution in [1.82, 2.24) is 28.6 Å². The van der Waals surface area contributed by atoms with Crippen molar-refractivity contribution in [2.75, 3.05) is 32.9 Å². The number of halogens is 4. The first kappa shape index (κ1) is 26.7. The van der Waals surface area contributed by atoms with Crippen LogP contribution >= 0.6 is 0 Å². The molecule has 6 rings (SSSR count). The molecule has 2 fully saturated rings. The number of ether oxygens (including phenoxy) is 1. The zero-order chi connectivity index (χ0) is 28.4. The molecule has 2 aliphatic rings. The highest BCUT2D eigenvalue weighted by Crippen LogP contribution is 2.45. The number of benzene rings is 1. The van der Waals surface area contributed by atoms with E-state index in [1.165, 1.54) is 23.3 Å². The summed E-state index contributed by atoms with van der Waals surface area (Å²) in [5.74, 6) is 0.129. The van der Waals surface area contributed by atoms with Crippen molar-refractivity contribution >= 4 is 5.52 Å². The number of pyridine rings is 1. The van der Waals surface area contributed by atoms with Gasteiger partial charge in [-0.2, -0.15) is 13.2 Å². The third-order valence-corrected chi connectivity index (χ3v) is 8.00. The SMILES string of the molecule is Cn1cnnc1C(F)C1(c2cccc(-n3cc4c(C(F)(F)F)cc(CN5CC(C)(CO)C5)cn4c3=O)c2)COC1. The molecule has 0 aliphatic carbocycles. The summed E-state index contributed by atoms with van der Waals surface area (Å²) in [6.45, 7) is 3.35. The first-order chi connectivity index (χ1) is 18.9. The Kier molecular flexibility index (Phi) is 6.16. The second-order valence-corrected chi connectivity index (χ2v) is 11.3. The van der Waals surface area contributed by atoms with E-state index >= 15 is 4.39 Å². The number of alkyl halides is 4. The van der Waals surface area contributed by atoms with Gasteiger partial charge in [0.1, 0.15) is 6.33 Å². The molecule has 0 spiro atoms. The largest absolute Gasteiger partial charge is 0.418 e. The fourth-order valence-electron chi connectivity index (χ4n) is 5.76. The number of fused-ring (bicyclic) bond motifs is 1. The van der Waals surface area contributed by atoms with Crippen LogP contribution in [0.25, 0.3) is 11.2 Å². The average molecular weight is 561 g/mol. The van der Waals surface area contributed by atoms with Crippen LogP contribution in [0.15, 0.2) is 53.8 Å². The standard InChI is InChI=1S/C27H28F4N6O3/c1-25(13-38)11-35(12-25)8-17-6-20(27(29,30)31)21-10-36(24(39)37(21)9-17)19-5-3-4-18(7-19)26(14-40-15-26)22(28)23-33-32-16-34(23)2/h3-7,9-10,16,22,38H,8,11-15H2,1-2H3. The van der Waals surface area contributed by atoms with Crippen molar-refractivity contribution in [3.8, 4) is 5.69 Å². The van der Waals surface area contributed by atoms with Crippen LogP contribution in [-0.4, -0.2) is 66.6 Å². The van der Waals surface area contributed by atoms with Gasteiger partial charge in [-0.15, -0.1) is 10.2 Å². The highest BCUT2D eigenvalue weighted by Gasteiger charge is 2.50. The van der Waals surface area contributed by atoms with Gasteiger partial charge in [-0.1, -0.05) is 19.1 Å². The molecule has 5 heterocycles. The predicted octanol–water partition coefficient (Wildman–Crippen LogP) is 3.03. The monoisotopic (exact) mass is 560 g/mol. The van der Waals surface area contributed by atoms with Crippen molar-refractivity contribution in [2.24, 2.45) is 12.5 Å². The number of likely N-dealkylation sites (tertiary alicyclic amines) is 1. The molecule has 2 aliphatic heterocycles. The topological polar surface area (TPSA) is 89.8 Å². The van der Waals surface area contributed by atoms with Crippen molar-refractivity contribution in [3.05, 3.63) is 82.1 Å². The number of hydrogen-bond donors (Lipinski definition) is 1. The van der Waals surface area contributed by atoms with Crippen LogP contribution in [0.1, 0.15) is 35.6 Å². The third-order valence-electron chi connectivity index (χ3n) is 8.00. The zero-order valence-electron chi connectivity index (χ0n) is 21.9. The van der Waals surface area contributed by atoms with Gasteiger partial charge in [0, 0.05) is 44.5 Å². The van der Waals surface area contributed by atoms with Crippen LogP contribution in [0.5, 0.6) is 0 Å². The highest BCUT2D eigenvalue weighted by atomic mass is 19.4. The van der Waals surface area contributed by atoms with Crippen molar-refractivity contribution in [3.63, 3.8) is 0 Å². The van der Waals surface area contributed by atoms with Gasteiger partial charge in [0.2, 0.25) is 0 Å². The maximum atomic E-state index is 15.8. The van der Waals surface area contributed by atoms with Gasteiger partial charge in [-0.25, -0.2) is 9.18 Å². The number of aliphatic hydroxyl groups is 1. The van der Waals surface area contributed by atoms with Crippen LogP contribution in [0, 0.1) is 5.41 Å². The summed E-state index contributed by atoms with van der Waals surface area (Å²) in [6.07, 6.45) is -2.25. The quantitative estimate of drug-likeness (QED) is 0.350. The molecule has 0 saturated carbocycles. The van der Waals surface area contributed by atoms with Crippen LogP contribution < -0.4 is 5.69 Å². The van der Waals surface area contributed by atoms with E-state index in [2.05, 4.69) is 10.2 Å². The second kappa shape index (κ2) is 9.25. The van der Waals surface area contributed by atoms with E-state index in [4.69, 9.17) is 4.74 Å². The van der Waals surface area contributed by atoms with E-state index in [1.807, 2.05) is 11.8 Å². The van der Waals surface area contributed by atoms with E-state index in [0.717, 1.165) is 15.0 Å². The summed E-state index contributed by atoms with van der Waals surface area (Å²) in [7, 11) is 1.64. The maximum Gasteiger partial charge on any atom is 0.418 e. The normalized spacial score (nSPS) is 19.4. The van der Waals surface area contributed by atoms with E-state index in [9.17, 15) is 23.1 Å². The van der Waals surface area contributed by atoms with Crippen LogP contribution in [-0.2, 0) is 29.9 Å². The molecule has 1 unspecified atom stereocenters. The van der Waals surface area contributed by atoms with Crippen molar-refractivity contribution < 1.29 is 27.4 Å². The minimum absolute atomic E-state index is 0.00708. The summed E-state index contributed by atoms with van der Waals surface area (Å²) in [6, 6.07) is 7.62. The lowest BCUT2D eigenvalue weighted by molar-refractivity contribution is -0.136. The molecule has 0 radical (unpaired) electrons. The molecule has 9 nitrogen and oxygen atoms in total. The molecule has 2 saturated heterocycles. The Hall–Kier alpha value is -3.55. The average Bonchev–Trinajstić information content (AvgIpc) is 3.44. The van der Waals surface area contributed by atoms with Gasteiger partial charge in [0.15, 0.2) is 12.0 Å². The Morgan fingerprint density at radius 3 is 2.52 bits per heavy atom. The van der Waals surface area contributed by atoms with Crippen LogP contribution in [0.4, 0.5) is 17.6 Å². The first-order valence-corrected chi connectivity index (χ1v) is 12.8. The number of rotatable bonds is 7. The number of aryl methyl sites for hydroxylation is 1. The molecular weight excluding hydrogens is 532 g/mol. The smallest absolute Gasteiger partial charge is 0.396 e. The fraction of sp³-hybridized carbons (Fsp3) is 0.444. The molecule has 0 amide bonds. The summed E-state index contributed by atoms with van der Waals surface area (Å²) in [5, 5.41) is 17.1. The Morgan fingerprint density at radius 2 is 1.93 bits per heavy atom. The molecular formula is C27H28F4N6O3. The highest BCUT2D eigenvalue weighted by molar-refractivity contribution is 5.58. The Bertz CT molecular complexity index is 1630. The van der Waals surface area contributed by atoms with E-state index in [1.54, 1.807) is 31.3 Å². The molecule has 1 aromatic carbocycles. The first-order valence-electron chi connectivity index (χ1n) is 12.8. The van der Waals surface area contributed by atoms with E-state index < -0.39 is 29.0 Å². The molecule has 212 valence electrons. The zero-order valence-corrected chi connectivity index (χ0v) is 21.9. The predicted molar refractivity (Wildman–Crippen MR) is 136 cm³/mol. The van der Waals surface area contributed by atoms with Crippen LogP contribution in [0.3, 0.4) is 0 Å². The lowest BCUT2D eigenvalue weighted by Gasteiger charge is -2.47. The number of imidazole rings is 1. The lowest BCUT2D eigenvalue weighted by atomic mass is 9.74. The molecule has 1 atom stereocenters. The van der Waals surface area contributed by atoms with Crippen molar-refractivity contribution in [1.29, 1.82) is 0 Å². The second-order valence-electron chi connectivity index (χ2n) is 11.3. The third kappa shape index (κ3) is 4.23. The summed E-state index contributed by atoms with van der Waals surface area (Å²) >= 11 is 0. The van der Waals surface area contributed by atoms with Gasteiger partial charge in [0.05, 0.1) is 42.0 Å². The summed E-state index contributed by atoms with van der Waals surface area (Å²) in [4.78, 5) is 15.4. The van der Waals surface area contributed by atoms with Crippen molar-refractivity contribution in [2.45, 2.75) is 31.2 Å². The Balaban J connectivity index is 1.40. The molecule has 40 heavy (non-hydrogen) atoms. The molecule has 0 bridgehead atoms. The van der Waals surface area contributed by atoms with Gasteiger partial charge >= 0.3 is 11.9 Å². The van der Waals surface area contributed by atoms with Crippen LogP contribution in [0.2, 0.25) is 0 Å². The Labute approximate surface area is 226 Å². The van der Waals surface area contributed by atoms with Gasteiger partial charge in [-0.3, -0.25) is 13.9 Å². The molecule has 3 aromatic heterocycles. The minimum Gasteiger partial charge on any atom is -0.396 e. The maximum absolute atomic E-state index is 15.8. The summed E-state index contributed by atoms with van der Waals surface area (Å²) < 4.78 is 67.3. The number of aliphatic hydroxyl groups excluding tert-OH is 1. The molecule has 1 N–H and O–H groups in total. The Morgan fingerprint density at radius 1 is 1.18 bits per heavy atom. The van der Waals surface area contributed by atoms with E-state index in [-0.39, 0.29) is 43.1 Å².